The lowest BCUT2D eigenvalue weighted by Crippen LogP contribution is -2.31. The highest BCUT2D eigenvalue weighted by Gasteiger charge is 2.25. The van der Waals surface area contributed by atoms with E-state index in [1.54, 1.807) is 6.20 Å². The van der Waals surface area contributed by atoms with Crippen LogP contribution in [0.3, 0.4) is 0 Å². The Morgan fingerprint density at radius 2 is 1.59 bits per heavy atom. The zero-order chi connectivity index (χ0) is 23.8. The second-order valence-electron chi connectivity index (χ2n) is 8.84. The monoisotopic (exact) mass is 451 g/mol. The van der Waals surface area contributed by atoms with E-state index in [4.69, 9.17) is 4.98 Å². The predicted octanol–water partition coefficient (Wildman–Crippen LogP) is 7.47. The quantitative estimate of drug-likeness (QED) is 0.235. The van der Waals surface area contributed by atoms with Crippen LogP contribution < -0.4 is 0 Å². The van der Waals surface area contributed by atoms with Crippen molar-refractivity contribution in [3.05, 3.63) is 96.2 Å². The summed E-state index contributed by atoms with van der Waals surface area (Å²) in [6, 6.07) is 26.1. The van der Waals surface area contributed by atoms with Crippen molar-refractivity contribution >= 4 is 16.9 Å². The third-order valence-corrected chi connectivity index (χ3v) is 6.44. The minimum Gasteiger partial charge on any atom is -0.335 e. The number of rotatable bonds is 10. The van der Waals surface area contributed by atoms with Gasteiger partial charge in [-0.3, -0.25) is 4.79 Å². The van der Waals surface area contributed by atoms with Crippen LogP contribution in [0.15, 0.2) is 85.1 Å². The minimum atomic E-state index is -0.00000706. The van der Waals surface area contributed by atoms with E-state index in [2.05, 4.69) is 36.2 Å². The zero-order valence-electron chi connectivity index (χ0n) is 20.2. The molecule has 4 aromatic rings. The summed E-state index contributed by atoms with van der Waals surface area (Å²) in [5.41, 5.74) is 4.15. The molecule has 4 rings (SSSR count). The number of aromatic nitrogens is 2. The molecule has 0 aliphatic carbocycles. The molecule has 0 aliphatic heterocycles. The van der Waals surface area contributed by atoms with Crippen LogP contribution in [-0.2, 0) is 0 Å². The molecule has 2 aromatic carbocycles. The number of benzene rings is 2. The molecule has 0 saturated heterocycles. The third-order valence-electron chi connectivity index (χ3n) is 6.44. The first-order chi connectivity index (χ1) is 16.7. The highest BCUT2D eigenvalue weighted by atomic mass is 16.2. The molecule has 4 nitrogen and oxygen atoms in total. The zero-order valence-corrected chi connectivity index (χ0v) is 20.2. The second-order valence-corrected chi connectivity index (χ2v) is 8.84. The smallest absolute Gasteiger partial charge is 0.254 e. The van der Waals surface area contributed by atoms with Crippen molar-refractivity contribution in [2.75, 3.05) is 7.05 Å². The highest BCUT2D eigenvalue weighted by molar-refractivity contribution is 6.06. The second kappa shape index (κ2) is 11.6. The third kappa shape index (κ3) is 5.51. The van der Waals surface area contributed by atoms with Crippen molar-refractivity contribution < 1.29 is 4.79 Å². The molecular formula is C30H33N3O. The number of hydrogen-bond donors (Lipinski definition) is 0. The van der Waals surface area contributed by atoms with E-state index in [9.17, 15) is 4.79 Å². The summed E-state index contributed by atoms with van der Waals surface area (Å²) in [6.45, 7) is 2.23. The topological polar surface area (TPSA) is 46.1 Å². The molecule has 0 bridgehead atoms. The van der Waals surface area contributed by atoms with Gasteiger partial charge >= 0.3 is 0 Å². The Morgan fingerprint density at radius 1 is 0.882 bits per heavy atom. The summed E-state index contributed by atoms with van der Waals surface area (Å²) in [7, 11) is 1.93. The van der Waals surface area contributed by atoms with E-state index in [0.717, 1.165) is 29.5 Å². The first-order valence-electron chi connectivity index (χ1n) is 12.3. The number of hydrogen-bond acceptors (Lipinski definition) is 3. The fourth-order valence-corrected chi connectivity index (χ4v) is 4.52. The van der Waals surface area contributed by atoms with Crippen LogP contribution in [0.4, 0.5) is 0 Å². The average molecular weight is 452 g/mol. The first-order valence-corrected chi connectivity index (χ1v) is 12.3. The van der Waals surface area contributed by atoms with Gasteiger partial charge in [0, 0.05) is 24.2 Å². The van der Waals surface area contributed by atoms with Gasteiger partial charge in [-0.25, -0.2) is 9.97 Å². The summed E-state index contributed by atoms with van der Waals surface area (Å²) < 4.78 is 0. The maximum Gasteiger partial charge on any atom is 0.254 e. The minimum absolute atomic E-state index is 0.00000706. The van der Waals surface area contributed by atoms with E-state index < -0.39 is 0 Å². The summed E-state index contributed by atoms with van der Waals surface area (Å²) >= 11 is 0. The molecule has 0 fully saturated rings. The number of pyridine rings is 2. The molecule has 0 N–H and O–H groups in total. The van der Waals surface area contributed by atoms with E-state index in [-0.39, 0.29) is 11.9 Å². The van der Waals surface area contributed by atoms with Gasteiger partial charge in [0.25, 0.3) is 5.91 Å². The Labute approximate surface area is 202 Å². The number of amides is 1. The van der Waals surface area contributed by atoms with Gasteiger partial charge in [-0.15, -0.1) is 0 Å². The SMILES string of the molecule is CCCCCCCC(c1ccccc1)N(C)C(=O)c1cc(-c2ccccc2)nc2ncccc12. The lowest BCUT2D eigenvalue weighted by molar-refractivity contribution is 0.0722. The Morgan fingerprint density at radius 3 is 2.32 bits per heavy atom. The Bertz CT molecular complexity index is 1210. The highest BCUT2D eigenvalue weighted by Crippen LogP contribution is 2.30. The van der Waals surface area contributed by atoms with Crippen LogP contribution in [-0.4, -0.2) is 27.8 Å². The molecule has 34 heavy (non-hydrogen) atoms. The molecule has 1 atom stereocenters. The molecular weight excluding hydrogens is 418 g/mol. The van der Waals surface area contributed by atoms with E-state index >= 15 is 0 Å². The molecule has 2 aromatic heterocycles. The molecule has 0 radical (unpaired) electrons. The molecule has 2 heterocycles. The van der Waals surface area contributed by atoms with E-state index in [0.29, 0.717) is 11.2 Å². The van der Waals surface area contributed by atoms with Gasteiger partial charge in [-0.05, 0) is 30.2 Å². The molecule has 1 unspecified atom stereocenters. The fourth-order valence-electron chi connectivity index (χ4n) is 4.52. The van der Waals surface area contributed by atoms with Crippen molar-refractivity contribution in [3.8, 4) is 11.3 Å². The van der Waals surface area contributed by atoms with Crippen molar-refractivity contribution in [1.29, 1.82) is 0 Å². The van der Waals surface area contributed by atoms with Gasteiger partial charge in [-0.2, -0.15) is 0 Å². The lowest BCUT2D eigenvalue weighted by atomic mass is 9.97. The van der Waals surface area contributed by atoms with Crippen LogP contribution in [0.5, 0.6) is 0 Å². The van der Waals surface area contributed by atoms with Crippen LogP contribution in [0.25, 0.3) is 22.3 Å². The van der Waals surface area contributed by atoms with Gasteiger partial charge < -0.3 is 4.90 Å². The van der Waals surface area contributed by atoms with Crippen molar-refractivity contribution in [1.82, 2.24) is 14.9 Å². The van der Waals surface area contributed by atoms with E-state index in [1.807, 2.05) is 66.5 Å². The van der Waals surface area contributed by atoms with Crippen LogP contribution in [0, 0.1) is 0 Å². The summed E-state index contributed by atoms with van der Waals surface area (Å²) in [5.74, 6) is -0.00000706. The number of fused-ring (bicyclic) bond motifs is 1. The largest absolute Gasteiger partial charge is 0.335 e. The Kier molecular flexibility index (Phi) is 8.03. The van der Waals surface area contributed by atoms with Gasteiger partial charge in [0.05, 0.1) is 17.3 Å². The molecule has 0 saturated carbocycles. The van der Waals surface area contributed by atoms with Crippen molar-refractivity contribution in [2.45, 2.75) is 51.5 Å². The number of carbonyl (C=O) groups is 1. The number of unbranched alkanes of at least 4 members (excludes halogenated alkanes) is 4. The van der Waals surface area contributed by atoms with Crippen molar-refractivity contribution in [3.63, 3.8) is 0 Å². The normalized spacial score (nSPS) is 11.9. The fraction of sp³-hybridized carbons (Fsp3) is 0.300. The number of nitrogens with zero attached hydrogens (tertiary/aromatic N) is 3. The number of carbonyl (C=O) groups excluding carboxylic acids is 1. The molecule has 174 valence electrons. The maximum absolute atomic E-state index is 14.0. The van der Waals surface area contributed by atoms with Gasteiger partial charge in [0.2, 0.25) is 0 Å². The predicted molar refractivity (Wildman–Crippen MR) is 140 cm³/mol. The Balaban J connectivity index is 1.68. The van der Waals surface area contributed by atoms with Crippen LogP contribution in [0.2, 0.25) is 0 Å². The van der Waals surface area contributed by atoms with Crippen molar-refractivity contribution in [2.24, 2.45) is 0 Å². The summed E-state index contributed by atoms with van der Waals surface area (Å²) in [5, 5.41) is 0.786. The van der Waals surface area contributed by atoms with Gasteiger partial charge in [0.15, 0.2) is 5.65 Å². The summed E-state index contributed by atoms with van der Waals surface area (Å²) in [4.78, 5) is 25.1. The van der Waals surface area contributed by atoms with Gasteiger partial charge in [0.1, 0.15) is 0 Å². The van der Waals surface area contributed by atoms with Crippen LogP contribution in [0.1, 0.15) is 67.4 Å². The average Bonchev–Trinajstić information content (AvgIpc) is 2.90. The molecule has 1 amide bonds. The standard InChI is InChI=1S/C30H33N3O/c1-3-4-5-6-13-20-28(24-17-11-8-12-18-24)33(2)30(34)26-22-27(23-15-9-7-10-16-23)32-29-25(26)19-14-21-31-29/h7-12,14-19,21-22,28H,3-6,13,20H2,1-2H3. The molecule has 0 aliphatic rings. The molecule has 4 heteroatoms. The first kappa shape index (κ1) is 23.6. The lowest BCUT2D eigenvalue weighted by Gasteiger charge is -2.29. The van der Waals surface area contributed by atoms with E-state index in [1.165, 1.54) is 31.2 Å². The maximum atomic E-state index is 14.0. The Hall–Kier alpha value is -3.53. The van der Waals surface area contributed by atoms with Crippen LogP contribution >= 0.6 is 0 Å². The molecule has 0 spiro atoms. The van der Waals surface area contributed by atoms with Gasteiger partial charge in [-0.1, -0.05) is 99.7 Å². The summed E-state index contributed by atoms with van der Waals surface area (Å²) in [6.07, 6.45) is 8.71.